The van der Waals surface area contributed by atoms with E-state index in [9.17, 15) is 14.4 Å². The van der Waals surface area contributed by atoms with Gasteiger partial charge in [0, 0.05) is 6.20 Å². The van der Waals surface area contributed by atoms with Crippen molar-refractivity contribution in [3.8, 4) is 0 Å². The van der Waals surface area contributed by atoms with Gasteiger partial charge in [-0.3, -0.25) is 9.59 Å². The van der Waals surface area contributed by atoms with E-state index in [-0.39, 0.29) is 0 Å². The molecule has 1 amide bonds. The molecule has 1 aromatic heterocycles. The summed E-state index contributed by atoms with van der Waals surface area (Å²) in [6, 6.07) is 0. The van der Waals surface area contributed by atoms with Gasteiger partial charge in [0.25, 0.3) is 11.5 Å². The predicted molar refractivity (Wildman–Crippen MR) is 40.3 cm³/mol. The standard InChI is InChI=1S/C6H5N3O4/c7-4(10)3-5(11)8-1-2(9-3)6(12)13/h1H,(H2,7,10)(H,8,11)(H,12,13). The Labute approximate surface area is 71.2 Å². The number of amides is 1. The largest absolute Gasteiger partial charge is 0.476 e. The van der Waals surface area contributed by atoms with Gasteiger partial charge in [0.15, 0.2) is 11.4 Å². The molecule has 0 saturated heterocycles. The van der Waals surface area contributed by atoms with Crippen LogP contribution in [-0.4, -0.2) is 27.0 Å². The number of carbonyl (C=O) groups excluding carboxylic acids is 1. The molecule has 4 N–H and O–H groups in total. The van der Waals surface area contributed by atoms with E-state index in [1.54, 1.807) is 0 Å². The highest BCUT2D eigenvalue weighted by atomic mass is 16.4. The van der Waals surface area contributed by atoms with Crippen LogP contribution in [0.4, 0.5) is 0 Å². The van der Waals surface area contributed by atoms with E-state index >= 15 is 0 Å². The number of aromatic amines is 1. The van der Waals surface area contributed by atoms with Crippen molar-refractivity contribution in [1.82, 2.24) is 9.97 Å². The zero-order valence-corrected chi connectivity index (χ0v) is 6.27. The first-order valence-corrected chi connectivity index (χ1v) is 3.15. The Balaban J connectivity index is 3.35. The SMILES string of the molecule is NC(=O)c1nc(C(=O)O)c[nH]c1=O. The number of H-pyrrole nitrogens is 1. The number of carboxylic acid groups (broad SMARTS) is 1. The highest BCUT2D eigenvalue weighted by molar-refractivity contribution is 5.92. The number of nitrogens with one attached hydrogen (secondary N) is 1. The number of aromatic nitrogens is 2. The third-order valence-corrected chi connectivity index (χ3v) is 1.24. The molecular weight excluding hydrogens is 178 g/mol. The average molecular weight is 183 g/mol. The number of aromatic carboxylic acids is 1. The van der Waals surface area contributed by atoms with Crippen LogP contribution < -0.4 is 11.3 Å². The Morgan fingerprint density at radius 3 is 2.62 bits per heavy atom. The first kappa shape index (κ1) is 8.91. The van der Waals surface area contributed by atoms with E-state index < -0.39 is 28.8 Å². The van der Waals surface area contributed by atoms with Gasteiger partial charge >= 0.3 is 5.97 Å². The van der Waals surface area contributed by atoms with Crippen molar-refractivity contribution in [2.75, 3.05) is 0 Å². The summed E-state index contributed by atoms with van der Waals surface area (Å²) in [5, 5.41) is 8.45. The first-order valence-electron chi connectivity index (χ1n) is 3.15. The summed E-state index contributed by atoms with van der Waals surface area (Å²) < 4.78 is 0. The van der Waals surface area contributed by atoms with Gasteiger partial charge in [-0.05, 0) is 0 Å². The zero-order chi connectivity index (χ0) is 10.0. The molecule has 0 saturated carbocycles. The Hall–Kier alpha value is -2.18. The highest BCUT2D eigenvalue weighted by Gasteiger charge is 2.12. The molecular formula is C6H5N3O4. The molecule has 7 heteroatoms. The normalized spacial score (nSPS) is 9.54. The van der Waals surface area contributed by atoms with Crippen LogP contribution in [0.5, 0.6) is 0 Å². The third-order valence-electron chi connectivity index (χ3n) is 1.24. The van der Waals surface area contributed by atoms with Crippen LogP contribution >= 0.6 is 0 Å². The molecule has 0 aliphatic heterocycles. The summed E-state index contributed by atoms with van der Waals surface area (Å²) in [7, 11) is 0. The Morgan fingerprint density at radius 2 is 2.15 bits per heavy atom. The fraction of sp³-hybridized carbons (Fsp3) is 0. The molecule has 0 fully saturated rings. The lowest BCUT2D eigenvalue weighted by atomic mass is 10.4. The van der Waals surface area contributed by atoms with Gasteiger partial charge in [-0.15, -0.1) is 0 Å². The Morgan fingerprint density at radius 1 is 1.54 bits per heavy atom. The van der Waals surface area contributed by atoms with E-state index in [0.717, 1.165) is 6.20 Å². The van der Waals surface area contributed by atoms with Crippen LogP contribution in [-0.2, 0) is 0 Å². The van der Waals surface area contributed by atoms with Gasteiger partial charge in [0.2, 0.25) is 0 Å². The van der Waals surface area contributed by atoms with Gasteiger partial charge in [-0.2, -0.15) is 0 Å². The molecule has 0 aromatic carbocycles. The van der Waals surface area contributed by atoms with Crippen molar-refractivity contribution in [1.29, 1.82) is 0 Å². The second kappa shape index (κ2) is 3.05. The molecule has 0 atom stereocenters. The smallest absolute Gasteiger partial charge is 0.356 e. The fourth-order valence-corrected chi connectivity index (χ4v) is 0.682. The summed E-state index contributed by atoms with van der Waals surface area (Å²) in [6.07, 6.45) is 0.886. The first-order chi connectivity index (χ1) is 6.02. The summed E-state index contributed by atoms with van der Waals surface area (Å²) in [4.78, 5) is 37.0. The van der Waals surface area contributed by atoms with Crippen LogP contribution in [0.15, 0.2) is 11.0 Å². The van der Waals surface area contributed by atoms with Crippen molar-refractivity contribution < 1.29 is 14.7 Å². The minimum atomic E-state index is -1.35. The second-order valence-corrected chi connectivity index (χ2v) is 2.13. The average Bonchev–Trinajstić information content (AvgIpc) is 2.04. The van der Waals surface area contributed by atoms with E-state index in [2.05, 4.69) is 4.98 Å². The molecule has 1 aromatic rings. The maximum atomic E-state index is 10.8. The molecule has 0 aliphatic carbocycles. The number of hydrogen-bond donors (Lipinski definition) is 3. The van der Waals surface area contributed by atoms with Crippen molar-refractivity contribution in [2.45, 2.75) is 0 Å². The zero-order valence-electron chi connectivity index (χ0n) is 6.27. The molecule has 0 aliphatic rings. The summed E-state index contributed by atoms with van der Waals surface area (Å²) in [5.41, 5.74) is 2.91. The quantitative estimate of drug-likeness (QED) is 0.517. The minimum Gasteiger partial charge on any atom is -0.476 e. The van der Waals surface area contributed by atoms with Crippen molar-refractivity contribution in [3.63, 3.8) is 0 Å². The molecule has 68 valence electrons. The van der Waals surface area contributed by atoms with Crippen LogP contribution in [0.1, 0.15) is 21.0 Å². The van der Waals surface area contributed by atoms with Crippen molar-refractivity contribution in [3.05, 3.63) is 27.9 Å². The topological polar surface area (TPSA) is 126 Å². The molecule has 1 heterocycles. The minimum absolute atomic E-state index is 0.437. The number of carboxylic acids is 1. The maximum absolute atomic E-state index is 10.8. The molecule has 0 unspecified atom stereocenters. The highest BCUT2D eigenvalue weighted by Crippen LogP contribution is 1.90. The van der Waals surface area contributed by atoms with Gasteiger partial charge < -0.3 is 15.8 Å². The molecule has 1 rings (SSSR count). The lowest BCUT2D eigenvalue weighted by Gasteiger charge is -1.95. The van der Waals surface area contributed by atoms with Gasteiger partial charge in [-0.1, -0.05) is 0 Å². The van der Waals surface area contributed by atoms with Crippen molar-refractivity contribution in [2.24, 2.45) is 5.73 Å². The van der Waals surface area contributed by atoms with Crippen LogP contribution in [0.25, 0.3) is 0 Å². The summed E-state index contributed by atoms with van der Waals surface area (Å²) in [6.45, 7) is 0. The molecule has 0 radical (unpaired) electrons. The van der Waals surface area contributed by atoms with Gasteiger partial charge in [-0.25, -0.2) is 9.78 Å². The van der Waals surface area contributed by atoms with Crippen LogP contribution in [0.3, 0.4) is 0 Å². The van der Waals surface area contributed by atoms with Gasteiger partial charge in [0.1, 0.15) is 0 Å². The Kier molecular flexibility index (Phi) is 2.09. The Bertz CT molecular complexity index is 422. The lowest BCUT2D eigenvalue weighted by Crippen LogP contribution is -2.26. The second-order valence-electron chi connectivity index (χ2n) is 2.13. The van der Waals surface area contributed by atoms with Crippen molar-refractivity contribution >= 4 is 11.9 Å². The number of nitrogens with two attached hydrogens (primary N) is 1. The fourth-order valence-electron chi connectivity index (χ4n) is 0.682. The van der Waals surface area contributed by atoms with Gasteiger partial charge in [0.05, 0.1) is 0 Å². The van der Waals surface area contributed by atoms with E-state index in [0.29, 0.717) is 0 Å². The van der Waals surface area contributed by atoms with Crippen LogP contribution in [0.2, 0.25) is 0 Å². The number of hydrogen-bond acceptors (Lipinski definition) is 4. The third kappa shape index (κ3) is 1.70. The predicted octanol–water partition coefficient (Wildman–Crippen LogP) is -1.43. The molecule has 13 heavy (non-hydrogen) atoms. The molecule has 0 bridgehead atoms. The summed E-state index contributed by atoms with van der Waals surface area (Å²) in [5.74, 6) is -2.41. The summed E-state index contributed by atoms with van der Waals surface area (Å²) >= 11 is 0. The number of primary amides is 1. The number of rotatable bonds is 2. The monoisotopic (exact) mass is 183 g/mol. The lowest BCUT2D eigenvalue weighted by molar-refractivity contribution is 0.0690. The van der Waals surface area contributed by atoms with E-state index in [1.807, 2.05) is 4.98 Å². The molecule has 7 nitrogen and oxygen atoms in total. The number of nitrogens with zero attached hydrogens (tertiary/aromatic N) is 1. The number of carbonyl (C=O) groups is 2. The maximum Gasteiger partial charge on any atom is 0.356 e. The molecule has 0 spiro atoms. The van der Waals surface area contributed by atoms with E-state index in [1.165, 1.54) is 0 Å². The van der Waals surface area contributed by atoms with Crippen LogP contribution in [0, 0.1) is 0 Å². The van der Waals surface area contributed by atoms with E-state index in [4.69, 9.17) is 10.8 Å².